The number of hydrogen-bond acceptors (Lipinski definition) is 0. The van der Waals surface area contributed by atoms with Crippen molar-refractivity contribution in [2.24, 2.45) is 0 Å². The first-order valence-corrected chi connectivity index (χ1v) is 9.98. The Balaban J connectivity index is 0. The van der Waals surface area contributed by atoms with Crippen molar-refractivity contribution in [1.82, 2.24) is 0 Å². The van der Waals surface area contributed by atoms with Crippen molar-refractivity contribution in [3.05, 3.63) is 85.0 Å². The van der Waals surface area contributed by atoms with Crippen LogP contribution in [-0.4, -0.2) is 0 Å². The Morgan fingerprint density at radius 2 is 0.586 bits per heavy atom. The third-order valence-corrected chi connectivity index (χ3v) is 6.54. The van der Waals surface area contributed by atoms with E-state index in [1.54, 1.807) is 0 Å². The molecule has 0 nitrogen and oxygen atoms in total. The molecule has 0 bridgehead atoms. The molecule has 0 N–H and O–H groups in total. The summed E-state index contributed by atoms with van der Waals surface area (Å²) in [5, 5.41) is 0. The first kappa shape index (κ1) is 32.0. The molecule has 0 saturated heterocycles. The van der Waals surface area contributed by atoms with Crippen LogP contribution in [0.2, 0.25) is 0 Å². The fourth-order valence-electron chi connectivity index (χ4n) is 3.40. The van der Waals surface area contributed by atoms with E-state index >= 15 is 0 Å². The normalized spacial score (nSPS) is 9.52. The summed E-state index contributed by atoms with van der Waals surface area (Å²) in [5.41, 5.74) is 17.2. The smallest absolute Gasteiger partial charge is 0.199 e. The van der Waals surface area contributed by atoms with Gasteiger partial charge in [0.25, 0.3) is 0 Å². The predicted octanol–water partition coefficient (Wildman–Crippen LogP) is 7.92. The van der Waals surface area contributed by atoms with Crippen LogP contribution in [0.3, 0.4) is 0 Å². The number of hydrogen-bond donors (Lipinski definition) is 0. The molecule has 3 rings (SSSR count). The van der Waals surface area contributed by atoms with E-state index in [-0.39, 0.29) is 83.5 Å². The fourth-order valence-corrected chi connectivity index (χ4v) is 3.40. The molecule has 2 heteroatoms. The summed E-state index contributed by atoms with van der Waals surface area (Å²) < 4.78 is 0. The van der Waals surface area contributed by atoms with E-state index in [4.69, 9.17) is 0 Å². The zero-order valence-corrected chi connectivity index (χ0v) is 27.0. The summed E-state index contributed by atoms with van der Waals surface area (Å²) in [7, 11) is 0. The van der Waals surface area contributed by atoms with Gasteiger partial charge in [-0.2, -0.15) is 85.0 Å². The van der Waals surface area contributed by atoms with Crippen LogP contribution in [0.5, 0.6) is 0 Å². The molecular formula is C27H39Ce2+3. The van der Waals surface area contributed by atoms with Gasteiger partial charge in [0.1, 0.15) is 0 Å². The molecule has 0 unspecified atom stereocenters. The molecule has 152 valence electrons. The zero-order chi connectivity index (χ0) is 21.0. The summed E-state index contributed by atoms with van der Waals surface area (Å²) in [6.07, 6.45) is 0. The Bertz CT molecular complexity index is 711. The average Bonchev–Trinajstić information content (AvgIpc) is 3.07. The molecule has 0 aliphatic rings. The second-order valence-corrected chi connectivity index (χ2v) is 8.28. The molecule has 29 heavy (non-hydrogen) atoms. The maximum atomic E-state index is 2.24. The van der Waals surface area contributed by atoms with Gasteiger partial charge in [-0.1, -0.05) is 83.1 Å². The number of aryl methyl sites for hydroxylation is 6. The van der Waals surface area contributed by atoms with Crippen molar-refractivity contribution >= 4 is 0 Å². The van der Waals surface area contributed by atoms with E-state index in [1.165, 1.54) is 66.8 Å². The first-order valence-electron chi connectivity index (χ1n) is 9.98. The quantitative estimate of drug-likeness (QED) is 0.219. The Kier molecular flexibility index (Phi) is 15.5. The van der Waals surface area contributed by atoms with Crippen LogP contribution in [0.4, 0.5) is 0 Å². The van der Waals surface area contributed by atoms with Gasteiger partial charge in [-0.05, 0) is 0 Å². The monoisotopic (exact) mass is 643 g/mol. The zero-order valence-electron chi connectivity index (χ0n) is 20.7. The summed E-state index contributed by atoms with van der Waals surface area (Å²) >= 11 is 0. The van der Waals surface area contributed by atoms with Gasteiger partial charge in [-0.25, -0.2) is 0 Å². The summed E-state index contributed by atoms with van der Waals surface area (Å²) in [6, 6.07) is 6.72. The van der Waals surface area contributed by atoms with Gasteiger partial charge >= 0.3 is 83.5 Å². The predicted molar refractivity (Wildman–Crippen MR) is 123 cm³/mol. The summed E-state index contributed by atoms with van der Waals surface area (Å²) in [6.45, 7) is 26.0. The van der Waals surface area contributed by atoms with Crippen LogP contribution in [-0.2, 0) is 0 Å². The second-order valence-electron chi connectivity index (χ2n) is 8.28. The molecule has 0 aliphatic carbocycles. The standard InChI is InChI=1S/3C9H13.2Ce/c3*1-6-5-7(2)9(4)8(6)3;;/h3*5H,1-4H3;;/q3*-1;2*+3. The fraction of sp³-hybridized carbons (Fsp3) is 0.444. The van der Waals surface area contributed by atoms with Crippen LogP contribution >= 0.6 is 0 Å². The molecule has 3 aromatic rings. The van der Waals surface area contributed by atoms with E-state index < -0.39 is 0 Å². The van der Waals surface area contributed by atoms with Gasteiger partial charge in [0.15, 0.2) is 0 Å². The van der Waals surface area contributed by atoms with Gasteiger partial charge in [0.2, 0.25) is 0 Å². The SMILES string of the molecule is Cc1c[c-](C)c(C)c1C.Cc1c[c-](C)c(C)c1C.Cc1c[c-](C)c(C)c1C.[Ce+3].[Ce+3]. The van der Waals surface area contributed by atoms with Crippen LogP contribution in [0, 0.1) is 167 Å². The largest absolute Gasteiger partial charge is 3.00 e. The topological polar surface area (TPSA) is 0 Å². The molecule has 0 heterocycles. The van der Waals surface area contributed by atoms with Gasteiger partial charge in [0.05, 0.1) is 0 Å². The van der Waals surface area contributed by atoms with Crippen molar-refractivity contribution in [2.75, 3.05) is 0 Å². The molecule has 0 aliphatic heterocycles. The average molecular weight is 644 g/mol. The molecule has 0 aromatic heterocycles. The first-order chi connectivity index (χ1) is 12.4. The Labute approximate surface area is 248 Å². The third-order valence-electron chi connectivity index (χ3n) is 6.54. The van der Waals surface area contributed by atoms with Crippen molar-refractivity contribution < 1.29 is 83.5 Å². The molecule has 3 aromatic carbocycles. The molecule has 0 fully saturated rings. The minimum absolute atomic E-state index is 0. The minimum Gasteiger partial charge on any atom is -0.199 e. The Morgan fingerprint density at radius 3 is 0.621 bits per heavy atom. The van der Waals surface area contributed by atoms with Gasteiger partial charge in [-0.3, -0.25) is 0 Å². The van der Waals surface area contributed by atoms with E-state index in [2.05, 4.69) is 101 Å². The number of rotatable bonds is 0. The van der Waals surface area contributed by atoms with Crippen molar-refractivity contribution in [3.63, 3.8) is 0 Å². The van der Waals surface area contributed by atoms with Crippen LogP contribution < -0.4 is 0 Å². The maximum absolute atomic E-state index is 2.24. The molecular weight excluding hydrogens is 605 g/mol. The van der Waals surface area contributed by atoms with Crippen molar-refractivity contribution in [3.8, 4) is 0 Å². The van der Waals surface area contributed by atoms with Gasteiger partial charge in [-0.15, -0.1) is 0 Å². The van der Waals surface area contributed by atoms with Gasteiger partial charge < -0.3 is 0 Å². The van der Waals surface area contributed by atoms with Crippen LogP contribution in [0.25, 0.3) is 0 Å². The van der Waals surface area contributed by atoms with Crippen LogP contribution in [0.15, 0.2) is 18.2 Å². The Morgan fingerprint density at radius 1 is 0.414 bits per heavy atom. The van der Waals surface area contributed by atoms with Crippen LogP contribution in [0.1, 0.15) is 66.8 Å². The molecule has 0 spiro atoms. The summed E-state index contributed by atoms with van der Waals surface area (Å²) in [4.78, 5) is 0. The maximum Gasteiger partial charge on any atom is 3.00 e. The second kappa shape index (κ2) is 14.1. The summed E-state index contributed by atoms with van der Waals surface area (Å²) in [5.74, 6) is 0. The Hall–Kier alpha value is 0.803. The van der Waals surface area contributed by atoms with E-state index in [9.17, 15) is 0 Å². The molecule has 2 radical (unpaired) electrons. The third kappa shape index (κ3) is 8.69. The van der Waals surface area contributed by atoms with Crippen molar-refractivity contribution in [1.29, 1.82) is 0 Å². The molecule has 0 amide bonds. The minimum atomic E-state index is 0. The van der Waals surface area contributed by atoms with E-state index in [0.717, 1.165) is 0 Å². The molecule has 0 atom stereocenters. The van der Waals surface area contributed by atoms with E-state index in [0.29, 0.717) is 0 Å². The van der Waals surface area contributed by atoms with Gasteiger partial charge in [0, 0.05) is 0 Å². The van der Waals surface area contributed by atoms with E-state index in [1.807, 2.05) is 0 Å². The molecule has 0 saturated carbocycles. The van der Waals surface area contributed by atoms with Crippen molar-refractivity contribution in [2.45, 2.75) is 83.1 Å².